The first kappa shape index (κ1) is 44.7. The van der Waals surface area contributed by atoms with Crippen LogP contribution in [-0.4, -0.2) is 0 Å². The smallest absolute Gasteiger partial charge is 0.0622 e. The van der Waals surface area contributed by atoms with Gasteiger partial charge in [0.25, 0.3) is 0 Å². The van der Waals surface area contributed by atoms with E-state index in [1.165, 1.54) is 117 Å². The second-order valence-electron chi connectivity index (χ2n) is 20.7. The lowest BCUT2D eigenvalue weighted by Gasteiger charge is -2.46. The van der Waals surface area contributed by atoms with Crippen molar-refractivity contribution in [3.05, 3.63) is 298 Å². The lowest BCUT2D eigenvalue weighted by atomic mass is 9.55. The van der Waals surface area contributed by atoms with Gasteiger partial charge in [0.15, 0.2) is 0 Å². The lowest BCUT2D eigenvalue weighted by molar-refractivity contribution is 0.563. The minimum atomic E-state index is -0.324. The molecule has 0 saturated carbocycles. The van der Waals surface area contributed by atoms with Crippen LogP contribution in [0, 0.1) is 20.8 Å². The largest absolute Gasteiger partial charge is 0.0719 e. The summed E-state index contributed by atoms with van der Waals surface area (Å²) in [6.07, 6.45) is 0. The zero-order valence-corrected chi connectivity index (χ0v) is 41.5. The highest BCUT2D eigenvalue weighted by Gasteiger charge is 2.53. The third kappa shape index (κ3) is 7.46. The van der Waals surface area contributed by atoms with Crippen LogP contribution in [0.15, 0.2) is 237 Å². The zero-order valence-electron chi connectivity index (χ0n) is 41.5. The topological polar surface area (TPSA) is 0 Å². The van der Waals surface area contributed by atoms with E-state index in [4.69, 9.17) is 0 Å². The summed E-state index contributed by atoms with van der Waals surface area (Å²) >= 11 is 0. The Morgan fingerprint density at radius 3 is 1.17 bits per heavy atom. The Kier molecular flexibility index (Phi) is 11.2. The second-order valence-corrected chi connectivity index (χ2v) is 20.7. The molecule has 340 valence electrons. The molecular weight excluding hydrogens is 841 g/mol. The molecule has 0 unspecified atom stereocenters. The summed E-state index contributed by atoms with van der Waals surface area (Å²) in [6, 6.07) is 86.7. The van der Waals surface area contributed by atoms with E-state index in [-0.39, 0.29) is 16.2 Å². The van der Waals surface area contributed by atoms with Crippen LogP contribution in [0.3, 0.4) is 0 Å². The fourth-order valence-electron chi connectivity index (χ4n) is 12.0. The van der Waals surface area contributed by atoms with Crippen molar-refractivity contribution in [1.82, 2.24) is 0 Å². The van der Waals surface area contributed by atoms with Gasteiger partial charge in [0.05, 0.1) is 5.41 Å². The van der Waals surface area contributed by atoms with Crippen LogP contribution in [0.1, 0.15) is 88.9 Å². The van der Waals surface area contributed by atoms with Gasteiger partial charge in [-0.15, -0.1) is 0 Å². The summed E-state index contributed by atoms with van der Waals surface area (Å²) < 4.78 is 0. The van der Waals surface area contributed by atoms with E-state index in [1.807, 2.05) is 0 Å². The number of benzene rings is 10. The molecule has 0 bridgehead atoms. The van der Waals surface area contributed by atoms with Gasteiger partial charge in [-0.1, -0.05) is 263 Å². The standard InChI is InChI=1S/C35H28.C19H16.C16H16/c1-23-16-18-24(19-17-23)25-20-21-27-26-10-4-5-11-28(26)35(33(27)22-25)31-14-8-6-12-29(31)34(2,3)30-13-7-9-15-32(30)35;1-15-12-18(16-8-4-2-5-9-16)14-19(13-15)17-10-6-3-7-11-17;1-11-8-9-13-12-6-4-5-7-14(12)16(2,3)15(13)10-11/h4-22H,1-3H3;2-14H,1H3;4-10H,1-3H3. The maximum Gasteiger partial charge on any atom is 0.0719 e. The van der Waals surface area contributed by atoms with Crippen LogP contribution in [-0.2, 0) is 16.2 Å². The van der Waals surface area contributed by atoms with Gasteiger partial charge in [-0.2, -0.15) is 0 Å². The van der Waals surface area contributed by atoms with Gasteiger partial charge in [-0.3, -0.25) is 0 Å². The summed E-state index contributed by atoms with van der Waals surface area (Å²) in [5.41, 5.74) is 28.2. The zero-order chi connectivity index (χ0) is 48.2. The Hall–Kier alpha value is -7.80. The van der Waals surface area contributed by atoms with Crippen molar-refractivity contribution in [2.45, 2.75) is 64.7 Å². The molecule has 0 aromatic heterocycles. The minimum Gasteiger partial charge on any atom is -0.0622 e. The molecule has 10 aromatic rings. The van der Waals surface area contributed by atoms with Gasteiger partial charge in [0.1, 0.15) is 0 Å². The number of aryl methyl sites for hydroxylation is 3. The molecule has 3 aliphatic rings. The molecule has 0 heteroatoms. The number of hydrogen-bond donors (Lipinski definition) is 0. The molecule has 70 heavy (non-hydrogen) atoms. The molecule has 0 amide bonds. The van der Waals surface area contributed by atoms with Crippen molar-refractivity contribution >= 4 is 0 Å². The highest BCUT2D eigenvalue weighted by molar-refractivity contribution is 5.90. The van der Waals surface area contributed by atoms with Crippen molar-refractivity contribution in [3.63, 3.8) is 0 Å². The highest BCUT2D eigenvalue weighted by atomic mass is 14.5. The van der Waals surface area contributed by atoms with Gasteiger partial charge in [-0.05, 0) is 139 Å². The molecule has 0 saturated heterocycles. The van der Waals surface area contributed by atoms with Gasteiger partial charge in [0.2, 0.25) is 0 Å². The summed E-state index contributed by atoms with van der Waals surface area (Å²) in [6.45, 7) is 15.9. The Morgan fingerprint density at radius 1 is 0.214 bits per heavy atom. The van der Waals surface area contributed by atoms with E-state index >= 15 is 0 Å². The molecule has 10 aromatic carbocycles. The number of fused-ring (bicyclic) bond motifs is 12. The average molecular weight is 901 g/mol. The second kappa shape index (κ2) is 17.6. The van der Waals surface area contributed by atoms with E-state index in [0.717, 1.165) is 0 Å². The molecule has 0 heterocycles. The third-order valence-corrected chi connectivity index (χ3v) is 15.5. The first-order valence-corrected chi connectivity index (χ1v) is 24.9. The molecule has 3 aliphatic carbocycles. The molecule has 0 nitrogen and oxygen atoms in total. The van der Waals surface area contributed by atoms with Crippen molar-refractivity contribution in [3.8, 4) is 55.6 Å². The number of rotatable bonds is 3. The van der Waals surface area contributed by atoms with E-state index in [9.17, 15) is 0 Å². The predicted molar refractivity (Wildman–Crippen MR) is 297 cm³/mol. The molecule has 0 atom stereocenters. The molecule has 0 fully saturated rings. The van der Waals surface area contributed by atoms with Gasteiger partial charge >= 0.3 is 0 Å². The van der Waals surface area contributed by atoms with Crippen LogP contribution in [0.2, 0.25) is 0 Å². The van der Waals surface area contributed by atoms with Crippen molar-refractivity contribution < 1.29 is 0 Å². The lowest BCUT2D eigenvalue weighted by Crippen LogP contribution is -2.40. The van der Waals surface area contributed by atoms with Gasteiger partial charge < -0.3 is 0 Å². The van der Waals surface area contributed by atoms with E-state index < -0.39 is 0 Å². The Balaban J connectivity index is 0.000000128. The predicted octanol–water partition coefficient (Wildman–Crippen LogP) is 18.3. The summed E-state index contributed by atoms with van der Waals surface area (Å²) in [5.74, 6) is 0. The van der Waals surface area contributed by atoms with Crippen LogP contribution in [0.5, 0.6) is 0 Å². The van der Waals surface area contributed by atoms with E-state index in [2.05, 4.69) is 285 Å². The van der Waals surface area contributed by atoms with Crippen molar-refractivity contribution in [2.24, 2.45) is 0 Å². The molecule has 13 rings (SSSR count). The molecule has 0 radical (unpaired) electrons. The molecule has 1 spiro atoms. The minimum absolute atomic E-state index is 0.0648. The van der Waals surface area contributed by atoms with E-state index in [0.29, 0.717) is 0 Å². The van der Waals surface area contributed by atoms with Gasteiger partial charge in [0, 0.05) is 10.8 Å². The average Bonchev–Trinajstić information content (AvgIpc) is 3.81. The maximum atomic E-state index is 2.46. The van der Waals surface area contributed by atoms with Gasteiger partial charge in [-0.25, -0.2) is 0 Å². The normalized spacial score (nSPS) is 14.3. The first-order chi connectivity index (χ1) is 34.0. The van der Waals surface area contributed by atoms with Crippen LogP contribution in [0.4, 0.5) is 0 Å². The Labute approximate surface area is 416 Å². The van der Waals surface area contributed by atoms with Crippen LogP contribution >= 0.6 is 0 Å². The third-order valence-electron chi connectivity index (χ3n) is 15.5. The Bertz CT molecular complexity index is 3440. The molecule has 0 N–H and O–H groups in total. The van der Waals surface area contributed by atoms with Crippen LogP contribution in [0.25, 0.3) is 55.6 Å². The number of hydrogen-bond acceptors (Lipinski definition) is 0. The SMILES string of the molecule is Cc1cc(-c2ccccc2)cc(-c2ccccc2)c1.Cc1ccc(-c2ccc3c(c2)C2(c4ccccc4-3)c3ccccc3C(C)(C)c3ccccc32)cc1.Cc1ccc2c(c1)C(C)(C)c1ccccc1-2. The fourth-order valence-corrected chi connectivity index (χ4v) is 12.0. The quantitative estimate of drug-likeness (QED) is 0.166. The molecule has 0 aliphatic heterocycles. The maximum absolute atomic E-state index is 2.46. The Morgan fingerprint density at radius 2 is 0.600 bits per heavy atom. The van der Waals surface area contributed by atoms with Crippen molar-refractivity contribution in [2.75, 3.05) is 0 Å². The summed E-state index contributed by atoms with van der Waals surface area (Å²) in [7, 11) is 0. The molecular formula is C70H60. The first-order valence-electron chi connectivity index (χ1n) is 24.9. The van der Waals surface area contributed by atoms with E-state index in [1.54, 1.807) is 0 Å². The fraction of sp³-hybridized carbons (Fsp3) is 0.143. The highest BCUT2D eigenvalue weighted by Crippen LogP contribution is 2.62. The summed E-state index contributed by atoms with van der Waals surface area (Å²) in [5, 5.41) is 0. The van der Waals surface area contributed by atoms with Crippen molar-refractivity contribution in [1.29, 1.82) is 0 Å². The monoisotopic (exact) mass is 900 g/mol. The van der Waals surface area contributed by atoms with Crippen LogP contribution < -0.4 is 0 Å². The summed E-state index contributed by atoms with van der Waals surface area (Å²) in [4.78, 5) is 0.